The molecule has 2 N–H and O–H groups in total. The molecule has 5 heterocycles. The van der Waals surface area contributed by atoms with Crippen molar-refractivity contribution >= 4 is 67.5 Å². The highest BCUT2D eigenvalue weighted by Gasteiger charge is 2.40. The van der Waals surface area contributed by atoms with Crippen LogP contribution >= 0.6 is 11.3 Å². The fraction of sp³-hybridized carbons (Fsp3) is 0.476. The van der Waals surface area contributed by atoms with Crippen LogP contribution in [-0.4, -0.2) is 93.6 Å². The van der Waals surface area contributed by atoms with E-state index in [-0.39, 0.29) is 24.1 Å². The minimum absolute atomic E-state index is 0.107. The average molecular weight is 810 g/mol. The third-order valence-electron chi connectivity index (χ3n) is 11.9. The van der Waals surface area contributed by atoms with Gasteiger partial charge in [0, 0.05) is 88.4 Å². The molecule has 0 radical (unpaired) electrons. The highest BCUT2D eigenvalue weighted by Crippen LogP contribution is 2.41. The fourth-order valence-corrected chi connectivity index (χ4v) is 9.86. The highest BCUT2D eigenvalue weighted by atomic mass is 32.1. The van der Waals surface area contributed by atoms with Crippen LogP contribution in [0.2, 0.25) is 0 Å². The molecule has 16 heteroatoms. The van der Waals surface area contributed by atoms with Crippen molar-refractivity contribution in [3.63, 3.8) is 0 Å². The van der Waals surface area contributed by atoms with Crippen LogP contribution in [0.3, 0.4) is 0 Å². The number of piperazine rings is 1. The number of nitrogens with one attached hydrogen (secondary N) is 2. The number of alkyl halides is 1. The second kappa shape index (κ2) is 15.4. The largest absolute Gasteiger partial charge is 0.490 e. The molecule has 2 atom stereocenters. The number of anilines is 3. The Labute approximate surface area is 338 Å². The van der Waals surface area contributed by atoms with Crippen LogP contribution in [0.15, 0.2) is 53.5 Å². The van der Waals surface area contributed by atoms with Crippen LogP contribution in [0, 0.1) is 5.92 Å². The van der Waals surface area contributed by atoms with Gasteiger partial charge in [0.05, 0.1) is 38.5 Å². The Kier molecular flexibility index (Phi) is 10.2. The van der Waals surface area contributed by atoms with Gasteiger partial charge in [0.1, 0.15) is 17.6 Å². The Bertz CT molecular complexity index is 2460. The summed E-state index contributed by atoms with van der Waals surface area (Å²) in [5.41, 5.74) is 2.90. The number of hydrogen-bond donors (Lipinski definition) is 2. The zero-order valence-electron chi connectivity index (χ0n) is 32.9. The molecule has 2 saturated carbocycles. The standard InChI is InChI=1S/C42H48FN9O5S/c1-24(2)57-35-22-32-36(20-29(35)39(54)44-31-5-4-13-51(41(31)55)34-21-30(34)43)58-40(45-32)26-8-6-25(7-9-26)23-49-15-17-50(18-16-49)27-10-11-28-33(19-27)48(3)47-38(28)52-14-12-37(53)46-42(52)56/h4-5,10-11,13,19-20,22,24-26,30,34H,6-9,12,14-18,21,23H2,1-3H3,(H,44,54)(H,46,53,56)/t25?,26?,30-,34+/m1/s1. The summed E-state index contributed by atoms with van der Waals surface area (Å²) < 4.78 is 23.9. The van der Waals surface area contributed by atoms with Crippen molar-refractivity contribution in [1.82, 2.24) is 29.5 Å². The van der Waals surface area contributed by atoms with Crippen molar-refractivity contribution in [3.8, 4) is 5.75 Å². The van der Waals surface area contributed by atoms with Crippen molar-refractivity contribution in [2.24, 2.45) is 13.0 Å². The second-order valence-electron chi connectivity index (χ2n) is 16.4. The molecule has 4 fully saturated rings. The van der Waals surface area contributed by atoms with Gasteiger partial charge in [0.25, 0.3) is 11.5 Å². The summed E-state index contributed by atoms with van der Waals surface area (Å²) in [5.74, 6) is 1.26. The number of thiazole rings is 1. The monoisotopic (exact) mass is 809 g/mol. The predicted octanol–water partition coefficient (Wildman–Crippen LogP) is 6.21. The van der Waals surface area contributed by atoms with Gasteiger partial charge in [-0.2, -0.15) is 5.10 Å². The van der Waals surface area contributed by atoms with E-state index in [2.05, 4.69) is 37.7 Å². The smallest absolute Gasteiger partial charge is 0.329 e. The molecular formula is C42H48FN9O5S. The lowest BCUT2D eigenvalue weighted by atomic mass is 9.82. The molecule has 58 heavy (non-hydrogen) atoms. The number of carbonyl (C=O) groups is 3. The minimum Gasteiger partial charge on any atom is -0.490 e. The Morgan fingerprint density at radius 3 is 2.53 bits per heavy atom. The number of benzene rings is 2. The van der Waals surface area contributed by atoms with E-state index in [1.54, 1.807) is 39.2 Å². The Morgan fingerprint density at radius 2 is 1.81 bits per heavy atom. The number of fused-ring (bicyclic) bond motifs is 2. The molecule has 0 unspecified atom stereocenters. The molecule has 304 valence electrons. The number of urea groups is 1. The van der Waals surface area contributed by atoms with E-state index in [0.29, 0.717) is 41.9 Å². The van der Waals surface area contributed by atoms with Crippen molar-refractivity contribution < 1.29 is 23.5 Å². The number of carbonyl (C=O) groups excluding carboxylic acids is 3. The minimum atomic E-state index is -1.04. The molecule has 0 spiro atoms. The second-order valence-corrected chi connectivity index (χ2v) is 17.4. The maximum Gasteiger partial charge on any atom is 0.329 e. The Hall–Kier alpha value is -5.35. The number of aromatic nitrogens is 4. The van der Waals surface area contributed by atoms with Gasteiger partial charge in [-0.3, -0.25) is 34.2 Å². The normalized spacial score (nSPS) is 22.8. The van der Waals surface area contributed by atoms with E-state index >= 15 is 0 Å². The lowest BCUT2D eigenvalue weighted by Gasteiger charge is -2.39. The number of aryl methyl sites for hydroxylation is 1. The first-order chi connectivity index (χ1) is 28.0. The number of imide groups is 1. The Balaban J connectivity index is 0.807. The molecule has 3 aromatic heterocycles. The summed E-state index contributed by atoms with van der Waals surface area (Å²) in [7, 11) is 1.88. The molecule has 9 rings (SSSR count). The zero-order chi connectivity index (χ0) is 40.2. The summed E-state index contributed by atoms with van der Waals surface area (Å²) in [6, 6.07) is 12.2. The van der Waals surface area contributed by atoms with Crippen molar-refractivity contribution in [2.45, 2.75) is 76.6 Å². The van der Waals surface area contributed by atoms with Crippen LogP contribution in [0.4, 0.5) is 26.4 Å². The number of halogens is 1. The molecule has 2 aliphatic heterocycles. The molecule has 4 aliphatic rings. The van der Waals surface area contributed by atoms with Gasteiger partial charge in [0.2, 0.25) is 5.91 Å². The van der Waals surface area contributed by atoms with Gasteiger partial charge in [0.15, 0.2) is 5.82 Å². The van der Waals surface area contributed by atoms with E-state index in [4.69, 9.17) is 9.72 Å². The van der Waals surface area contributed by atoms with Gasteiger partial charge in [-0.25, -0.2) is 14.2 Å². The lowest BCUT2D eigenvalue weighted by Crippen LogP contribution is -2.49. The van der Waals surface area contributed by atoms with Crippen LogP contribution in [0.25, 0.3) is 21.1 Å². The average Bonchev–Trinajstić information content (AvgIpc) is 3.63. The molecule has 4 amide bonds. The van der Waals surface area contributed by atoms with Crippen LogP contribution in [-0.2, 0) is 11.8 Å². The maximum atomic E-state index is 13.7. The van der Waals surface area contributed by atoms with Gasteiger partial charge in [-0.15, -0.1) is 11.3 Å². The van der Waals surface area contributed by atoms with Gasteiger partial charge >= 0.3 is 6.03 Å². The lowest BCUT2D eigenvalue weighted by molar-refractivity contribution is -0.120. The zero-order valence-corrected chi connectivity index (χ0v) is 33.8. The maximum absolute atomic E-state index is 13.7. The number of nitrogens with zero attached hydrogens (tertiary/aromatic N) is 7. The van der Waals surface area contributed by atoms with E-state index in [9.17, 15) is 23.6 Å². The number of amides is 4. The van der Waals surface area contributed by atoms with E-state index in [1.807, 2.05) is 39.1 Å². The first kappa shape index (κ1) is 38.2. The number of rotatable bonds is 10. The Morgan fingerprint density at radius 1 is 1.03 bits per heavy atom. The summed E-state index contributed by atoms with van der Waals surface area (Å²) in [4.78, 5) is 62.4. The predicted molar refractivity (Wildman–Crippen MR) is 222 cm³/mol. The third-order valence-corrected chi connectivity index (χ3v) is 13.1. The van der Waals surface area contributed by atoms with Gasteiger partial charge in [-0.1, -0.05) is 0 Å². The molecule has 2 aromatic carbocycles. The van der Waals surface area contributed by atoms with Crippen molar-refractivity contribution in [2.75, 3.05) is 54.4 Å². The van der Waals surface area contributed by atoms with Gasteiger partial charge in [-0.05, 0) is 81.8 Å². The van der Waals surface area contributed by atoms with Crippen LogP contribution < -0.4 is 30.7 Å². The van der Waals surface area contributed by atoms with E-state index < -0.39 is 29.7 Å². The van der Waals surface area contributed by atoms with E-state index in [1.165, 1.54) is 4.57 Å². The van der Waals surface area contributed by atoms with Crippen molar-refractivity contribution in [1.29, 1.82) is 0 Å². The van der Waals surface area contributed by atoms with Crippen molar-refractivity contribution in [3.05, 3.63) is 69.6 Å². The first-order valence-electron chi connectivity index (χ1n) is 20.3. The summed E-state index contributed by atoms with van der Waals surface area (Å²) in [6.07, 6.45) is 5.31. The molecule has 0 bridgehead atoms. The topological polar surface area (TPSA) is 147 Å². The SMILES string of the molecule is CC(C)Oc1cc2nc(C3CCC(CN4CCN(c5ccc6c(N7CCC(=O)NC7=O)nn(C)c6c5)CC4)CC3)sc2cc1C(=O)Nc1cccn([C@H]2C[C@H]2F)c1=O. The number of pyridine rings is 1. The van der Waals surface area contributed by atoms with E-state index in [0.717, 1.165) is 90.2 Å². The van der Waals surface area contributed by atoms with Crippen LogP contribution in [0.1, 0.15) is 79.7 Å². The molecular weight excluding hydrogens is 762 g/mol. The highest BCUT2D eigenvalue weighted by molar-refractivity contribution is 7.18. The number of hydrogen-bond acceptors (Lipinski definition) is 10. The van der Waals surface area contributed by atoms with Gasteiger partial charge < -0.3 is 19.5 Å². The van der Waals surface area contributed by atoms with Crippen LogP contribution in [0.5, 0.6) is 5.75 Å². The molecule has 2 saturated heterocycles. The first-order valence-corrected chi connectivity index (χ1v) is 21.1. The fourth-order valence-electron chi connectivity index (χ4n) is 8.71. The summed E-state index contributed by atoms with van der Waals surface area (Å²) in [6.45, 7) is 9.05. The third kappa shape index (κ3) is 7.54. The molecule has 5 aromatic rings. The summed E-state index contributed by atoms with van der Waals surface area (Å²) >= 11 is 1.62. The quantitative estimate of drug-likeness (QED) is 0.168. The molecule has 2 aliphatic carbocycles. The summed E-state index contributed by atoms with van der Waals surface area (Å²) in [5, 5.41) is 11.8. The number of ether oxygens (including phenoxy) is 1. The molecule has 14 nitrogen and oxygen atoms in total.